The molecule has 0 saturated heterocycles. The lowest BCUT2D eigenvalue weighted by Crippen LogP contribution is -2.21. The third kappa shape index (κ3) is 5.07. The summed E-state index contributed by atoms with van der Waals surface area (Å²) in [6.45, 7) is 3.38. The van der Waals surface area contributed by atoms with Gasteiger partial charge in [0.1, 0.15) is 27.9 Å². The number of phenolic OH excluding ortho intramolecular Hbond substituents is 1. The zero-order chi connectivity index (χ0) is 24.3. The number of aryl methyl sites for hydroxylation is 2. The molecule has 0 radical (unpaired) electrons. The van der Waals surface area contributed by atoms with Crippen LogP contribution in [0.3, 0.4) is 0 Å². The molecule has 0 spiro atoms. The van der Waals surface area contributed by atoms with Gasteiger partial charge < -0.3 is 25.0 Å². The quantitative estimate of drug-likeness (QED) is 0.463. The van der Waals surface area contributed by atoms with Gasteiger partial charge in [-0.15, -0.1) is 0 Å². The van der Waals surface area contributed by atoms with Crippen LogP contribution in [0.4, 0.5) is 5.69 Å². The second kappa shape index (κ2) is 9.21. The molecule has 0 fully saturated rings. The normalized spacial score (nSPS) is 11.0. The number of ether oxygens (including phenoxy) is 2. The molecule has 33 heavy (non-hydrogen) atoms. The van der Waals surface area contributed by atoms with Crippen LogP contribution in [0.5, 0.6) is 23.0 Å². The first kappa shape index (κ1) is 23.6. The number of carbonyl (C=O) groups is 2. The molecule has 172 valence electrons. The zero-order valence-corrected chi connectivity index (χ0v) is 18.8. The van der Waals surface area contributed by atoms with Gasteiger partial charge >= 0.3 is 11.9 Å². The number of phenols is 1. The fourth-order valence-electron chi connectivity index (χ4n) is 3.14. The highest BCUT2D eigenvalue weighted by Gasteiger charge is 2.23. The Morgan fingerprint density at radius 2 is 1.48 bits per heavy atom. The minimum Gasteiger partial charge on any atom is -0.507 e. The molecular formula is C23H21NO8S. The number of hydrogen-bond acceptors (Lipinski definition) is 7. The average molecular weight is 471 g/mol. The van der Waals surface area contributed by atoms with E-state index in [1.807, 2.05) is 0 Å². The van der Waals surface area contributed by atoms with Gasteiger partial charge in [0.05, 0.1) is 12.0 Å². The number of aromatic hydroxyl groups is 1. The van der Waals surface area contributed by atoms with Gasteiger partial charge in [-0.1, -0.05) is 0 Å². The molecule has 1 amide bonds. The molecule has 3 rings (SSSR count). The number of aliphatic carboxylic acids is 1. The first-order valence-corrected chi connectivity index (χ1v) is 11.1. The molecule has 0 aliphatic carbocycles. The Balaban J connectivity index is 1.94. The number of carboxylic acids is 1. The predicted molar refractivity (Wildman–Crippen MR) is 119 cm³/mol. The summed E-state index contributed by atoms with van der Waals surface area (Å²) in [6.07, 6.45) is 0. The van der Waals surface area contributed by atoms with Crippen LogP contribution in [0.15, 0.2) is 64.4 Å². The maximum absolute atomic E-state index is 13.1. The molecule has 0 atom stereocenters. The van der Waals surface area contributed by atoms with E-state index in [1.165, 1.54) is 61.7 Å². The predicted octanol–water partition coefficient (Wildman–Crippen LogP) is 3.67. The van der Waals surface area contributed by atoms with Crippen molar-refractivity contribution in [1.82, 2.24) is 0 Å². The summed E-state index contributed by atoms with van der Waals surface area (Å²) in [7, 11) is -2.58. The van der Waals surface area contributed by atoms with E-state index in [4.69, 9.17) is 14.6 Å². The molecule has 0 bridgehead atoms. The van der Waals surface area contributed by atoms with Crippen molar-refractivity contribution in [1.29, 1.82) is 0 Å². The topological polar surface area (TPSA) is 139 Å². The van der Waals surface area contributed by atoms with E-state index >= 15 is 0 Å². The third-order valence-electron chi connectivity index (χ3n) is 4.72. The van der Waals surface area contributed by atoms with Crippen LogP contribution < -0.4 is 14.8 Å². The SMILES string of the molecule is COc1ccc(S(=O)(=O)c2cc(Oc3c(C)cc(NC(=O)C(=O)O)cc3C)ccc2O)cc1. The van der Waals surface area contributed by atoms with E-state index in [0.29, 0.717) is 22.6 Å². The highest BCUT2D eigenvalue weighted by atomic mass is 32.2. The standard InChI is InChI=1S/C23H21NO8S/c1-13-10-15(24-22(26)23(27)28)11-14(2)21(13)32-17-6-9-19(25)20(12-17)33(29,30)18-7-4-16(31-3)5-8-18/h4-12,25H,1-3H3,(H,24,26)(H,27,28). The van der Waals surface area contributed by atoms with Crippen molar-refractivity contribution in [2.24, 2.45) is 0 Å². The van der Waals surface area contributed by atoms with Crippen molar-refractivity contribution >= 4 is 27.4 Å². The van der Waals surface area contributed by atoms with Crippen molar-refractivity contribution in [3.05, 3.63) is 65.7 Å². The number of methoxy groups -OCH3 is 1. The van der Waals surface area contributed by atoms with Crippen molar-refractivity contribution in [3.8, 4) is 23.0 Å². The molecule has 0 aliphatic heterocycles. The average Bonchev–Trinajstić information content (AvgIpc) is 2.77. The molecule has 0 aromatic heterocycles. The van der Waals surface area contributed by atoms with Crippen LogP contribution >= 0.6 is 0 Å². The largest absolute Gasteiger partial charge is 0.507 e. The zero-order valence-electron chi connectivity index (χ0n) is 17.9. The summed E-state index contributed by atoms with van der Waals surface area (Å²) in [6, 6.07) is 12.7. The molecule has 3 N–H and O–H groups in total. The van der Waals surface area contributed by atoms with Crippen molar-refractivity contribution < 1.29 is 37.7 Å². The highest BCUT2D eigenvalue weighted by molar-refractivity contribution is 7.91. The lowest BCUT2D eigenvalue weighted by atomic mass is 10.1. The fraction of sp³-hybridized carbons (Fsp3) is 0.130. The number of hydrogen-bond donors (Lipinski definition) is 3. The number of nitrogens with one attached hydrogen (secondary N) is 1. The van der Waals surface area contributed by atoms with Crippen LogP contribution in [0.25, 0.3) is 0 Å². The number of sulfone groups is 1. The maximum atomic E-state index is 13.1. The minimum absolute atomic E-state index is 0.0263. The Bertz CT molecular complexity index is 1310. The Hall–Kier alpha value is -4.05. The fourth-order valence-corrected chi connectivity index (χ4v) is 4.50. The number of carboxylic acid groups (broad SMARTS) is 1. The monoisotopic (exact) mass is 471 g/mol. The summed E-state index contributed by atoms with van der Waals surface area (Å²) in [5.41, 5.74) is 1.42. The summed E-state index contributed by atoms with van der Waals surface area (Å²) in [5.74, 6) is -2.17. The van der Waals surface area contributed by atoms with Gasteiger partial charge in [0.25, 0.3) is 0 Å². The van der Waals surface area contributed by atoms with E-state index in [9.17, 15) is 23.1 Å². The number of anilines is 1. The van der Waals surface area contributed by atoms with E-state index < -0.39 is 27.5 Å². The summed E-state index contributed by atoms with van der Waals surface area (Å²) >= 11 is 0. The van der Waals surface area contributed by atoms with Crippen LogP contribution in [0.1, 0.15) is 11.1 Å². The van der Waals surface area contributed by atoms with E-state index in [0.717, 1.165) is 0 Å². The molecule has 0 aliphatic rings. The molecule has 3 aromatic rings. The molecule has 10 heteroatoms. The molecule has 0 heterocycles. The highest BCUT2D eigenvalue weighted by Crippen LogP contribution is 2.36. The van der Waals surface area contributed by atoms with Crippen LogP contribution in [-0.2, 0) is 19.4 Å². The minimum atomic E-state index is -4.05. The second-order valence-corrected chi connectivity index (χ2v) is 9.03. The second-order valence-electron chi connectivity index (χ2n) is 7.11. The number of carbonyl (C=O) groups excluding carboxylic acids is 1. The van der Waals surface area contributed by atoms with Crippen molar-refractivity contribution in [3.63, 3.8) is 0 Å². The molecule has 0 unspecified atom stereocenters. The number of benzene rings is 3. The molecular weight excluding hydrogens is 450 g/mol. The molecule has 9 nitrogen and oxygen atoms in total. The smallest absolute Gasteiger partial charge is 0.394 e. The van der Waals surface area contributed by atoms with E-state index in [1.54, 1.807) is 13.8 Å². The summed E-state index contributed by atoms with van der Waals surface area (Å²) in [5, 5.41) is 21.2. The van der Waals surface area contributed by atoms with Crippen LogP contribution in [0.2, 0.25) is 0 Å². The van der Waals surface area contributed by atoms with Crippen molar-refractivity contribution in [2.75, 3.05) is 12.4 Å². The lowest BCUT2D eigenvalue weighted by Gasteiger charge is -2.15. The number of rotatable bonds is 6. The summed E-state index contributed by atoms with van der Waals surface area (Å²) in [4.78, 5) is 21.8. The Labute approximate surface area is 190 Å². The van der Waals surface area contributed by atoms with Gasteiger partial charge in [0.15, 0.2) is 0 Å². The van der Waals surface area contributed by atoms with E-state index in [-0.39, 0.29) is 21.2 Å². The molecule has 3 aromatic carbocycles. The summed E-state index contributed by atoms with van der Waals surface area (Å²) < 4.78 is 37.0. The lowest BCUT2D eigenvalue weighted by molar-refractivity contribution is -0.147. The van der Waals surface area contributed by atoms with Crippen molar-refractivity contribution in [2.45, 2.75) is 23.6 Å². The number of amides is 1. The van der Waals surface area contributed by atoms with Crippen LogP contribution in [0, 0.1) is 13.8 Å². The van der Waals surface area contributed by atoms with Gasteiger partial charge in [-0.2, -0.15) is 0 Å². The van der Waals surface area contributed by atoms with Gasteiger partial charge in [-0.05, 0) is 73.5 Å². The Morgan fingerprint density at radius 3 is 2.03 bits per heavy atom. The molecule has 0 saturated carbocycles. The van der Waals surface area contributed by atoms with Gasteiger partial charge in [-0.25, -0.2) is 13.2 Å². The van der Waals surface area contributed by atoms with Crippen LogP contribution in [-0.4, -0.2) is 37.6 Å². The van der Waals surface area contributed by atoms with Gasteiger partial charge in [0.2, 0.25) is 9.84 Å². The van der Waals surface area contributed by atoms with E-state index in [2.05, 4.69) is 5.32 Å². The van der Waals surface area contributed by atoms with Gasteiger partial charge in [0, 0.05) is 11.8 Å². The first-order chi connectivity index (χ1) is 15.5. The van der Waals surface area contributed by atoms with Gasteiger partial charge in [-0.3, -0.25) is 4.79 Å². The first-order valence-electron chi connectivity index (χ1n) is 9.58. The third-order valence-corrected chi connectivity index (χ3v) is 6.52. The maximum Gasteiger partial charge on any atom is 0.394 e. The Morgan fingerprint density at radius 1 is 0.909 bits per heavy atom. The Kier molecular flexibility index (Phi) is 6.59.